The van der Waals surface area contributed by atoms with Crippen LogP contribution in [0, 0.1) is 43.9 Å². The molecule has 4 aliphatic carbocycles. The van der Waals surface area contributed by atoms with Gasteiger partial charge in [0, 0.05) is 0 Å². The summed E-state index contributed by atoms with van der Waals surface area (Å²) < 4.78 is 5.86. The summed E-state index contributed by atoms with van der Waals surface area (Å²) in [4.78, 5) is 12.7. The first-order valence-electron chi connectivity index (χ1n) is 9.22. The van der Waals surface area contributed by atoms with E-state index in [1.807, 2.05) is 6.92 Å². The zero-order valence-corrected chi connectivity index (χ0v) is 14.7. The number of benzene rings is 1. The lowest BCUT2D eigenvalue weighted by Crippen LogP contribution is -2.47. The maximum Gasteiger partial charge on any atom is 0.311 e. The van der Waals surface area contributed by atoms with Crippen LogP contribution in [0.25, 0.3) is 0 Å². The Morgan fingerprint density at radius 3 is 2.09 bits per heavy atom. The molecule has 4 bridgehead atoms. The highest BCUT2D eigenvalue weighted by Crippen LogP contribution is 2.61. The molecule has 0 radical (unpaired) electrons. The maximum absolute atomic E-state index is 12.7. The van der Waals surface area contributed by atoms with Crippen LogP contribution in [-0.2, 0) is 4.79 Å². The molecule has 1 aromatic carbocycles. The normalized spacial score (nSPS) is 34.7. The molecule has 5 rings (SSSR count). The number of hydrogen-bond acceptors (Lipinski definition) is 2. The first-order chi connectivity index (χ1) is 10.9. The van der Waals surface area contributed by atoms with Crippen LogP contribution in [0.3, 0.4) is 0 Å². The van der Waals surface area contributed by atoms with Crippen LogP contribution in [-0.4, -0.2) is 5.97 Å². The molecular formula is C21H28O2. The molecule has 124 valence electrons. The lowest BCUT2D eigenvalue weighted by molar-refractivity contribution is -0.142. The summed E-state index contributed by atoms with van der Waals surface area (Å²) >= 11 is 0. The van der Waals surface area contributed by atoms with Crippen molar-refractivity contribution < 1.29 is 9.53 Å². The van der Waals surface area contributed by atoms with E-state index in [-0.39, 0.29) is 11.4 Å². The number of ether oxygens (including phenoxy) is 1. The molecule has 0 N–H and O–H groups in total. The molecule has 0 unspecified atom stereocenters. The standard InChI is InChI=1S/C21H28O2/c1-13-4-5-14(2)20(15(13)3)23-19(22)12-21-9-16-6-17(10-21)8-18(7-16)11-21/h4-5,16-18H,6-12H2,1-3H3. The van der Waals surface area contributed by atoms with Crippen LogP contribution >= 0.6 is 0 Å². The van der Waals surface area contributed by atoms with Crippen molar-refractivity contribution in [2.45, 2.75) is 65.7 Å². The van der Waals surface area contributed by atoms with Crippen LogP contribution in [0.1, 0.15) is 61.6 Å². The van der Waals surface area contributed by atoms with Gasteiger partial charge in [-0.05, 0) is 99.2 Å². The highest BCUT2D eigenvalue weighted by Gasteiger charge is 2.51. The Kier molecular flexibility index (Phi) is 3.55. The second-order valence-electron chi connectivity index (χ2n) is 8.72. The highest BCUT2D eigenvalue weighted by molar-refractivity contribution is 5.74. The average Bonchev–Trinajstić information content (AvgIpc) is 2.45. The molecule has 4 fully saturated rings. The summed E-state index contributed by atoms with van der Waals surface area (Å²) in [5, 5.41) is 0. The van der Waals surface area contributed by atoms with Crippen LogP contribution in [0.4, 0.5) is 0 Å². The number of aryl methyl sites for hydroxylation is 2. The third-order valence-electron chi connectivity index (χ3n) is 6.77. The van der Waals surface area contributed by atoms with Crippen LogP contribution in [0.15, 0.2) is 12.1 Å². The second-order valence-corrected chi connectivity index (χ2v) is 8.72. The van der Waals surface area contributed by atoms with E-state index in [2.05, 4.69) is 26.0 Å². The van der Waals surface area contributed by atoms with Crippen molar-refractivity contribution in [2.24, 2.45) is 23.2 Å². The van der Waals surface area contributed by atoms with E-state index in [1.54, 1.807) is 0 Å². The Morgan fingerprint density at radius 1 is 1.00 bits per heavy atom. The van der Waals surface area contributed by atoms with E-state index < -0.39 is 0 Å². The number of esters is 1. The van der Waals surface area contributed by atoms with Gasteiger partial charge in [-0.25, -0.2) is 0 Å². The van der Waals surface area contributed by atoms with Crippen LogP contribution < -0.4 is 4.74 Å². The minimum Gasteiger partial charge on any atom is -0.426 e. The Morgan fingerprint density at radius 2 is 1.52 bits per heavy atom. The number of rotatable bonds is 3. The van der Waals surface area contributed by atoms with E-state index in [0.29, 0.717) is 6.42 Å². The predicted molar refractivity (Wildman–Crippen MR) is 91.5 cm³/mol. The van der Waals surface area contributed by atoms with Gasteiger partial charge in [-0.2, -0.15) is 0 Å². The molecule has 0 aromatic heterocycles. The topological polar surface area (TPSA) is 26.3 Å². The molecule has 0 atom stereocenters. The lowest BCUT2D eigenvalue weighted by Gasteiger charge is -2.56. The van der Waals surface area contributed by atoms with Gasteiger partial charge in [-0.3, -0.25) is 4.79 Å². The molecule has 0 aliphatic heterocycles. The highest BCUT2D eigenvalue weighted by atomic mass is 16.5. The van der Waals surface area contributed by atoms with E-state index in [1.165, 1.54) is 44.1 Å². The van der Waals surface area contributed by atoms with Crippen molar-refractivity contribution in [1.29, 1.82) is 0 Å². The summed E-state index contributed by atoms with van der Waals surface area (Å²) in [6.45, 7) is 6.15. The minimum atomic E-state index is -0.0104. The van der Waals surface area contributed by atoms with Gasteiger partial charge in [0.05, 0.1) is 6.42 Å². The molecule has 4 saturated carbocycles. The average molecular weight is 312 g/mol. The van der Waals surface area contributed by atoms with Crippen molar-refractivity contribution in [1.82, 2.24) is 0 Å². The zero-order valence-electron chi connectivity index (χ0n) is 14.7. The van der Waals surface area contributed by atoms with Crippen LogP contribution in [0.5, 0.6) is 5.75 Å². The fourth-order valence-electron chi connectivity index (χ4n) is 6.05. The van der Waals surface area contributed by atoms with E-state index in [0.717, 1.165) is 34.6 Å². The third kappa shape index (κ3) is 2.70. The smallest absolute Gasteiger partial charge is 0.311 e. The van der Waals surface area contributed by atoms with Gasteiger partial charge in [0.1, 0.15) is 5.75 Å². The molecule has 2 nitrogen and oxygen atoms in total. The Hall–Kier alpha value is -1.31. The molecule has 0 heterocycles. The summed E-state index contributed by atoms with van der Waals surface area (Å²) in [6.07, 6.45) is 8.68. The molecule has 1 aromatic rings. The Balaban J connectivity index is 1.50. The van der Waals surface area contributed by atoms with Gasteiger partial charge in [-0.15, -0.1) is 0 Å². The molecule has 0 spiro atoms. The van der Waals surface area contributed by atoms with Crippen molar-refractivity contribution in [2.75, 3.05) is 0 Å². The third-order valence-corrected chi connectivity index (χ3v) is 6.77. The number of carbonyl (C=O) groups is 1. The summed E-state index contributed by atoms with van der Waals surface area (Å²) in [7, 11) is 0. The molecule has 2 heteroatoms. The molecule has 23 heavy (non-hydrogen) atoms. The molecule has 0 amide bonds. The van der Waals surface area contributed by atoms with Crippen LogP contribution in [0.2, 0.25) is 0 Å². The van der Waals surface area contributed by atoms with E-state index >= 15 is 0 Å². The summed E-state index contributed by atoms with van der Waals surface area (Å²) in [5.41, 5.74) is 3.61. The van der Waals surface area contributed by atoms with Gasteiger partial charge >= 0.3 is 5.97 Å². The first-order valence-corrected chi connectivity index (χ1v) is 9.22. The van der Waals surface area contributed by atoms with Crippen molar-refractivity contribution in [3.05, 3.63) is 28.8 Å². The first kappa shape index (κ1) is 15.2. The van der Waals surface area contributed by atoms with Crippen molar-refractivity contribution >= 4 is 5.97 Å². The van der Waals surface area contributed by atoms with Crippen molar-refractivity contribution in [3.8, 4) is 5.75 Å². The zero-order chi connectivity index (χ0) is 16.2. The lowest BCUT2D eigenvalue weighted by atomic mass is 9.49. The Bertz CT molecular complexity index is 608. The number of hydrogen-bond donors (Lipinski definition) is 0. The fourth-order valence-corrected chi connectivity index (χ4v) is 6.05. The molecule has 0 saturated heterocycles. The summed E-state index contributed by atoms with van der Waals surface area (Å²) in [6, 6.07) is 4.15. The maximum atomic E-state index is 12.7. The molecular weight excluding hydrogens is 284 g/mol. The van der Waals surface area contributed by atoms with Gasteiger partial charge in [0.25, 0.3) is 0 Å². The number of carbonyl (C=O) groups excluding carboxylic acids is 1. The fraction of sp³-hybridized carbons (Fsp3) is 0.667. The largest absolute Gasteiger partial charge is 0.426 e. The Labute approximate surface area is 139 Å². The van der Waals surface area contributed by atoms with Gasteiger partial charge in [-0.1, -0.05) is 12.1 Å². The second kappa shape index (κ2) is 5.36. The van der Waals surface area contributed by atoms with Crippen molar-refractivity contribution in [3.63, 3.8) is 0 Å². The van der Waals surface area contributed by atoms with E-state index in [4.69, 9.17) is 4.74 Å². The summed E-state index contributed by atoms with van der Waals surface area (Å²) in [5.74, 6) is 3.44. The quantitative estimate of drug-likeness (QED) is 0.571. The SMILES string of the molecule is Cc1ccc(C)c(OC(=O)CC23CC4CC(CC(C4)C2)C3)c1C. The minimum absolute atomic E-state index is 0.0104. The van der Waals surface area contributed by atoms with Gasteiger partial charge in [0.15, 0.2) is 0 Å². The predicted octanol–water partition coefficient (Wildman–Crippen LogP) is 5.12. The monoisotopic (exact) mass is 312 g/mol. The van der Waals surface area contributed by atoms with E-state index in [9.17, 15) is 4.79 Å². The molecule has 4 aliphatic rings. The van der Waals surface area contributed by atoms with Gasteiger partial charge in [0.2, 0.25) is 0 Å². The van der Waals surface area contributed by atoms with Gasteiger partial charge < -0.3 is 4.74 Å².